The summed E-state index contributed by atoms with van der Waals surface area (Å²) in [4.78, 5) is 30.2. The van der Waals surface area contributed by atoms with Crippen molar-refractivity contribution in [2.45, 2.75) is 33.4 Å². The lowest BCUT2D eigenvalue weighted by atomic mass is 10.3. The van der Waals surface area contributed by atoms with Gasteiger partial charge in [0.2, 0.25) is 5.78 Å². The van der Waals surface area contributed by atoms with Crippen LogP contribution in [0.25, 0.3) is 16.9 Å². The molecule has 0 saturated heterocycles. The first kappa shape index (κ1) is 17.3. The first-order valence-electron chi connectivity index (χ1n) is 8.76. The fourth-order valence-corrected chi connectivity index (χ4v) is 3.49. The largest absolute Gasteiger partial charge is 0.467 e. The molecular formula is C18H21N5O4. The summed E-state index contributed by atoms with van der Waals surface area (Å²) < 4.78 is 11.8. The van der Waals surface area contributed by atoms with Crippen LogP contribution in [-0.2, 0) is 20.1 Å². The Labute approximate surface area is 153 Å². The van der Waals surface area contributed by atoms with Crippen molar-refractivity contribution in [1.29, 1.82) is 0 Å². The molecule has 0 atom stereocenters. The van der Waals surface area contributed by atoms with Gasteiger partial charge < -0.3 is 14.1 Å². The van der Waals surface area contributed by atoms with Gasteiger partial charge in [0.15, 0.2) is 11.2 Å². The fraction of sp³-hybridized carbons (Fsp3) is 0.389. The van der Waals surface area contributed by atoms with Gasteiger partial charge in [-0.25, -0.2) is 4.79 Å². The Kier molecular flexibility index (Phi) is 4.03. The second kappa shape index (κ2) is 6.27. The molecule has 0 aliphatic rings. The lowest BCUT2D eigenvalue weighted by Crippen LogP contribution is -2.39. The Morgan fingerprint density at radius 2 is 1.96 bits per heavy atom. The van der Waals surface area contributed by atoms with Crippen molar-refractivity contribution in [1.82, 2.24) is 23.1 Å². The molecule has 0 aliphatic carbocycles. The molecule has 4 aromatic heterocycles. The van der Waals surface area contributed by atoms with Crippen molar-refractivity contribution in [3.8, 4) is 0 Å². The lowest BCUT2D eigenvalue weighted by Gasteiger charge is -2.07. The Bertz CT molecular complexity index is 1250. The summed E-state index contributed by atoms with van der Waals surface area (Å²) in [6.07, 6.45) is 1.95. The van der Waals surface area contributed by atoms with Crippen LogP contribution in [0, 0.1) is 13.8 Å². The zero-order valence-corrected chi connectivity index (χ0v) is 15.5. The highest BCUT2D eigenvalue weighted by Crippen LogP contribution is 2.21. The lowest BCUT2D eigenvalue weighted by molar-refractivity contribution is 0.277. The number of aliphatic hydroxyl groups is 1. The first-order chi connectivity index (χ1) is 13.0. The highest BCUT2D eigenvalue weighted by atomic mass is 16.3. The van der Waals surface area contributed by atoms with E-state index in [1.165, 1.54) is 4.57 Å². The third-order valence-corrected chi connectivity index (χ3v) is 5.06. The van der Waals surface area contributed by atoms with Gasteiger partial charge in [-0.05, 0) is 32.4 Å². The van der Waals surface area contributed by atoms with Crippen LogP contribution >= 0.6 is 0 Å². The van der Waals surface area contributed by atoms with E-state index in [1.54, 1.807) is 17.7 Å². The number of aliphatic hydroxyl groups excluding tert-OH is 1. The molecule has 4 rings (SSSR count). The van der Waals surface area contributed by atoms with Gasteiger partial charge in [0, 0.05) is 31.6 Å². The van der Waals surface area contributed by atoms with Crippen molar-refractivity contribution >= 4 is 16.9 Å². The highest BCUT2D eigenvalue weighted by molar-refractivity contribution is 5.76. The van der Waals surface area contributed by atoms with Gasteiger partial charge in [-0.15, -0.1) is 0 Å². The highest BCUT2D eigenvalue weighted by Gasteiger charge is 2.22. The van der Waals surface area contributed by atoms with E-state index in [4.69, 9.17) is 9.52 Å². The van der Waals surface area contributed by atoms with Crippen molar-refractivity contribution in [3.05, 3.63) is 56.4 Å². The van der Waals surface area contributed by atoms with Crippen LogP contribution in [0.5, 0.6) is 0 Å². The minimum atomic E-state index is -0.436. The van der Waals surface area contributed by atoms with E-state index in [1.807, 2.05) is 30.5 Å². The molecule has 0 saturated carbocycles. The summed E-state index contributed by atoms with van der Waals surface area (Å²) in [7, 11) is 1.60. The predicted octanol–water partition coefficient (Wildman–Crippen LogP) is 0.790. The first-order valence-corrected chi connectivity index (χ1v) is 8.76. The molecule has 0 spiro atoms. The summed E-state index contributed by atoms with van der Waals surface area (Å²) in [6.45, 7) is 4.44. The Morgan fingerprint density at radius 1 is 1.19 bits per heavy atom. The number of hydrogen-bond acceptors (Lipinski definition) is 5. The van der Waals surface area contributed by atoms with Crippen LogP contribution in [0.15, 0.2) is 32.4 Å². The van der Waals surface area contributed by atoms with E-state index < -0.39 is 11.2 Å². The minimum Gasteiger partial charge on any atom is -0.467 e. The van der Waals surface area contributed by atoms with E-state index >= 15 is 0 Å². The van der Waals surface area contributed by atoms with E-state index in [-0.39, 0.29) is 13.2 Å². The summed E-state index contributed by atoms with van der Waals surface area (Å²) in [5.74, 6) is 1.36. The molecule has 0 fully saturated rings. The van der Waals surface area contributed by atoms with Crippen LogP contribution in [-0.4, -0.2) is 34.8 Å². The van der Waals surface area contributed by atoms with Gasteiger partial charge in [-0.1, -0.05) is 0 Å². The second-order valence-corrected chi connectivity index (χ2v) is 6.63. The van der Waals surface area contributed by atoms with Crippen LogP contribution in [0.1, 0.15) is 23.6 Å². The number of hydrogen-bond donors (Lipinski definition) is 1. The molecule has 1 N–H and O–H groups in total. The summed E-state index contributed by atoms with van der Waals surface area (Å²) in [5, 5.41) is 9.08. The average molecular weight is 371 g/mol. The zero-order valence-electron chi connectivity index (χ0n) is 15.5. The number of rotatable bonds is 5. The van der Waals surface area contributed by atoms with Crippen molar-refractivity contribution in [3.63, 3.8) is 0 Å². The zero-order chi connectivity index (χ0) is 19.3. The maximum Gasteiger partial charge on any atom is 0.332 e. The van der Waals surface area contributed by atoms with Gasteiger partial charge in [0.1, 0.15) is 5.76 Å². The normalized spacial score (nSPS) is 11.9. The molecule has 4 aromatic rings. The third-order valence-electron chi connectivity index (χ3n) is 5.06. The van der Waals surface area contributed by atoms with Crippen LogP contribution in [0.4, 0.5) is 0 Å². The van der Waals surface area contributed by atoms with Gasteiger partial charge >= 0.3 is 5.69 Å². The molecular weight excluding hydrogens is 350 g/mol. The minimum absolute atomic E-state index is 0.0902. The maximum absolute atomic E-state index is 13.1. The third kappa shape index (κ3) is 2.46. The van der Waals surface area contributed by atoms with Gasteiger partial charge in [0.25, 0.3) is 5.56 Å². The van der Waals surface area contributed by atoms with Crippen LogP contribution < -0.4 is 11.2 Å². The van der Waals surface area contributed by atoms with Gasteiger partial charge in [0.05, 0.1) is 12.8 Å². The van der Waals surface area contributed by atoms with Crippen molar-refractivity contribution in [2.75, 3.05) is 6.61 Å². The smallest absolute Gasteiger partial charge is 0.332 e. The Morgan fingerprint density at radius 3 is 2.63 bits per heavy atom. The van der Waals surface area contributed by atoms with E-state index in [9.17, 15) is 9.59 Å². The molecule has 0 unspecified atom stereocenters. The Balaban J connectivity index is 2.06. The number of aryl methyl sites for hydroxylation is 2. The Hall–Kier alpha value is -3.07. The maximum atomic E-state index is 13.1. The van der Waals surface area contributed by atoms with Crippen LogP contribution in [0.3, 0.4) is 0 Å². The fourth-order valence-electron chi connectivity index (χ4n) is 3.49. The van der Waals surface area contributed by atoms with Crippen LogP contribution in [0.2, 0.25) is 0 Å². The predicted molar refractivity (Wildman–Crippen MR) is 99.2 cm³/mol. The molecule has 27 heavy (non-hydrogen) atoms. The molecule has 4 heterocycles. The number of aromatic nitrogens is 5. The second-order valence-electron chi connectivity index (χ2n) is 6.63. The number of imidazole rings is 2. The molecule has 0 aliphatic heterocycles. The number of furan rings is 1. The molecule has 0 radical (unpaired) electrons. The van der Waals surface area contributed by atoms with E-state index in [0.717, 1.165) is 21.7 Å². The van der Waals surface area contributed by atoms with E-state index in [0.29, 0.717) is 29.9 Å². The monoisotopic (exact) mass is 371 g/mol. The van der Waals surface area contributed by atoms with E-state index in [2.05, 4.69) is 4.98 Å². The standard InChI is InChI=1S/C18H21N5O4/c1-11-12(2)23-14-15(19-17(23)22(11)10-13-6-4-9-27-13)20(3)18(26)21(16(14)25)7-5-8-24/h4,6,9,24H,5,7-8,10H2,1-3H3. The van der Waals surface area contributed by atoms with Gasteiger partial charge in [-0.3, -0.25) is 18.3 Å². The summed E-state index contributed by atoms with van der Waals surface area (Å²) >= 11 is 0. The van der Waals surface area contributed by atoms with Crippen molar-refractivity contribution in [2.24, 2.45) is 7.05 Å². The topological polar surface area (TPSA) is 99.6 Å². The average Bonchev–Trinajstić information content (AvgIpc) is 3.35. The molecule has 142 valence electrons. The quantitative estimate of drug-likeness (QED) is 0.559. The number of fused-ring (bicyclic) bond motifs is 3. The molecule has 0 bridgehead atoms. The number of nitrogens with zero attached hydrogens (tertiary/aromatic N) is 5. The summed E-state index contributed by atoms with van der Waals surface area (Å²) in [5.41, 5.74) is 1.72. The molecule has 0 amide bonds. The molecule has 0 aromatic carbocycles. The molecule has 9 heteroatoms. The van der Waals surface area contributed by atoms with Crippen molar-refractivity contribution < 1.29 is 9.52 Å². The SMILES string of the molecule is Cc1c(C)n2c3c(=O)n(CCCO)c(=O)n(C)c3nc2n1Cc1ccco1. The molecule has 9 nitrogen and oxygen atoms in total. The van der Waals surface area contributed by atoms with Gasteiger partial charge in [-0.2, -0.15) is 4.98 Å². The summed E-state index contributed by atoms with van der Waals surface area (Å²) in [6, 6.07) is 3.70.